The molecule has 7 rings (SSSR count). The molecule has 0 atom stereocenters. The van der Waals surface area contributed by atoms with E-state index in [2.05, 4.69) is 167 Å². The maximum absolute atomic E-state index is 6.55. The zero-order valence-corrected chi connectivity index (χ0v) is 33.9. The molecule has 0 saturated heterocycles. The van der Waals surface area contributed by atoms with Crippen molar-refractivity contribution in [3.8, 4) is 44.8 Å². The molecule has 0 radical (unpaired) electrons. The highest BCUT2D eigenvalue weighted by Crippen LogP contribution is 2.43. The largest absolute Gasteiger partial charge is 0.405 e. The lowest BCUT2D eigenvalue weighted by molar-refractivity contribution is 0.411. The summed E-state index contributed by atoms with van der Waals surface area (Å²) in [6, 6.07) is 35.2. The summed E-state index contributed by atoms with van der Waals surface area (Å²) in [5.41, 5.74) is 12.3. The summed E-state index contributed by atoms with van der Waals surface area (Å²) in [6.45, 7) is 24.7. The van der Waals surface area contributed by atoms with Gasteiger partial charge in [0.25, 0.3) is 0 Å². The smallest absolute Gasteiger partial charge is 0.324 e. The Labute approximate surface area is 319 Å². The Morgan fingerprint density at radius 3 is 2.15 bits per heavy atom. The van der Waals surface area contributed by atoms with Gasteiger partial charge in [0.05, 0.1) is 21.6 Å². The number of aromatic nitrogens is 3. The molecule has 53 heavy (non-hydrogen) atoms. The van der Waals surface area contributed by atoms with Crippen molar-refractivity contribution in [2.75, 3.05) is 0 Å². The first-order valence-electron chi connectivity index (χ1n) is 18.6. The summed E-state index contributed by atoms with van der Waals surface area (Å²) in [7, 11) is 0. The molecule has 3 aromatic heterocycles. The van der Waals surface area contributed by atoms with Crippen LogP contribution in [0, 0.1) is 19.3 Å². The van der Waals surface area contributed by atoms with Crippen LogP contribution in [0.2, 0.25) is 0 Å². The van der Waals surface area contributed by atoms with Crippen LogP contribution in [0.5, 0.6) is 11.9 Å². The second kappa shape index (κ2) is 13.5. The monoisotopic (exact) mass is 717 g/mol. The fourth-order valence-corrected chi connectivity index (χ4v) is 8.35. The van der Waals surface area contributed by atoms with Gasteiger partial charge in [-0.15, -0.1) is 11.3 Å². The Morgan fingerprint density at radius 1 is 0.660 bits per heavy atom. The molecule has 5 heteroatoms. The molecule has 7 aromatic rings. The molecule has 0 saturated carbocycles. The highest BCUT2D eigenvalue weighted by atomic mass is 32.1. The Kier molecular flexibility index (Phi) is 9.31. The molecule has 0 unspecified atom stereocenters. The van der Waals surface area contributed by atoms with Gasteiger partial charge in [-0.1, -0.05) is 123 Å². The molecule has 0 aliphatic carbocycles. The van der Waals surface area contributed by atoms with E-state index in [9.17, 15) is 0 Å². The highest BCUT2D eigenvalue weighted by Gasteiger charge is 2.23. The number of hydrogen-bond donors (Lipinski definition) is 0. The van der Waals surface area contributed by atoms with Crippen LogP contribution in [0.3, 0.4) is 0 Å². The molecule has 4 nitrogen and oxygen atoms in total. The van der Waals surface area contributed by atoms with Gasteiger partial charge in [0, 0.05) is 22.1 Å². The molecule has 0 aliphatic heterocycles. The fourth-order valence-electron chi connectivity index (χ4n) is 7.15. The van der Waals surface area contributed by atoms with Crippen LogP contribution in [-0.2, 0) is 17.3 Å². The second-order valence-electron chi connectivity index (χ2n) is 17.9. The normalized spacial score (nSPS) is 12.5. The first-order chi connectivity index (χ1) is 24.9. The minimum Gasteiger partial charge on any atom is -0.405 e. The van der Waals surface area contributed by atoms with Crippen LogP contribution < -0.4 is 4.74 Å². The summed E-state index contributed by atoms with van der Waals surface area (Å²) in [6.07, 6.45) is 1.03. The summed E-state index contributed by atoms with van der Waals surface area (Å²) in [4.78, 5) is 16.4. The van der Waals surface area contributed by atoms with Crippen LogP contribution in [0.1, 0.15) is 90.1 Å². The SMILES string of the molecule is Cc1cc(Oc2nc(-c3cc(C(C)(C)C)c4ccccc4c3)c3sc(-c4ccc(CC(C)(C)C)cc4C)cc3n2)nc(-c2cccc(C(C)(C)C)c2)c1. The van der Waals surface area contributed by atoms with Gasteiger partial charge in [-0.3, -0.25) is 0 Å². The van der Waals surface area contributed by atoms with Crippen molar-refractivity contribution in [2.24, 2.45) is 5.41 Å². The molecule has 4 aromatic carbocycles. The fraction of sp³-hybridized carbons (Fsp3) is 0.312. The van der Waals surface area contributed by atoms with Crippen molar-refractivity contribution in [1.82, 2.24) is 15.0 Å². The lowest BCUT2D eigenvalue weighted by Crippen LogP contribution is -2.12. The maximum Gasteiger partial charge on any atom is 0.324 e. The Bertz CT molecular complexity index is 2490. The van der Waals surface area contributed by atoms with Crippen LogP contribution in [-0.4, -0.2) is 15.0 Å². The summed E-state index contributed by atoms with van der Waals surface area (Å²) < 4.78 is 7.59. The van der Waals surface area contributed by atoms with E-state index in [0.717, 1.165) is 44.7 Å². The van der Waals surface area contributed by atoms with E-state index >= 15 is 0 Å². The van der Waals surface area contributed by atoms with E-state index < -0.39 is 0 Å². The molecule has 3 heterocycles. The third-order valence-corrected chi connectivity index (χ3v) is 10.9. The molecule has 0 aliphatic rings. The lowest BCUT2D eigenvalue weighted by atomic mass is 9.82. The van der Waals surface area contributed by atoms with Crippen molar-refractivity contribution < 1.29 is 4.74 Å². The number of hydrogen-bond acceptors (Lipinski definition) is 5. The van der Waals surface area contributed by atoms with Gasteiger partial charge >= 0.3 is 6.01 Å². The zero-order valence-electron chi connectivity index (χ0n) is 33.1. The molecule has 270 valence electrons. The van der Waals surface area contributed by atoms with Gasteiger partial charge in [0.15, 0.2) is 0 Å². The quantitative estimate of drug-likeness (QED) is 0.172. The van der Waals surface area contributed by atoms with Crippen LogP contribution >= 0.6 is 11.3 Å². The van der Waals surface area contributed by atoms with Crippen molar-refractivity contribution in [2.45, 2.75) is 93.4 Å². The molecular formula is C48H51N3OS. The lowest BCUT2D eigenvalue weighted by Gasteiger charge is -2.23. The molecule has 0 N–H and O–H groups in total. The van der Waals surface area contributed by atoms with Crippen molar-refractivity contribution in [1.29, 1.82) is 0 Å². The topological polar surface area (TPSA) is 47.9 Å². The third kappa shape index (κ3) is 7.91. The van der Waals surface area contributed by atoms with E-state index in [1.165, 1.54) is 43.5 Å². The van der Waals surface area contributed by atoms with E-state index in [-0.39, 0.29) is 22.3 Å². The molecule has 0 bridgehead atoms. The van der Waals surface area contributed by atoms with Gasteiger partial charge in [-0.2, -0.15) is 9.97 Å². The number of pyridine rings is 1. The van der Waals surface area contributed by atoms with Gasteiger partial charge < -0.3 is 4.74 Å². The highest BCUT2D eigenvalue weighted by molar-refractivity contribution is 7.22. The Hall–Kier alpha value is -4.87. The molecule has 0 fully saturated rings. The predicted octanol–water partition coefficient (Wildman–Crippen LogP) is 13.8. The first-order valence-corrected chi connectivity index (χ1v) is 19.5. The van der Waals surface area contributed by atoms with Gasteiger partial charge in [-0.05, 0) is 111 Å². The number of rotatable bonds is 6. The molecular weight excluding hydrogens is 667 g/mol. The minimum absolute atomic E-state index is 0.0286. The third-order valence-electron chi connectivity index (χ3n) is 9.75. The molecule has 0 amide bonds. The molecule has 0 spiro atoms. The minimum atomic E-state index is -0.0697. The average Bonchev–Trinajstić information content (AvgIpc) is 3.49. The second-order valence-corrected chi connectivity index (χ2v) is 18.9. The number of aryl methyl sites for hydroxylation is 2. The van der Waals surface area contributed by atoms with E-state index in [1.54, 1.807) is 11.3 Å². The van der Waals surface area contributed by atoms with Crippen LogP contribution in [0.15, 0.2) is 97.1 Å². The Balaban J connectivity index is 1.38. The number of thiophene rings is 1. The number of ether oxygens (including phenoxy) is 1. The number of nitrogens with zero attached hydrogens (tertiary/aromatic N) is 3. The zero-order chi connectivity index (χ0) is 37.9. The van der Waals surface area contributed by atoms with Crippen molar-refractivity contribution in [3.05, 3.63) is 125 Å². The van der Waals surface area contributed by atoms with E-state index in [4.69, 9.17) is 19.7 Å². The van der Waals surface area contributed by atoms with Crippen LogP contribution in [0.25, 0.3) is 53.9 Å². The van der Waals surface area contributed by atoms with E-state index in [1.807, 2.05) is 6.07 Å². The van der Waals surface area contributed by atoms with Crippen molar-refractivity contribution in [3.63, 3.8) is 0 Å². The number of fused-ring (bicyclic) bond motifs is 2. The summed E-state index contributed by atoms with van der Waals surface area (Å²) >= 11 is 1.75. The van der Waals surface area contributed by atoms with Gasteiger partial charge in [-0.25, -0.2) is 4.98 Å². The average molecular weight is 718 g/mol. The van der Waals surface area contributed by atoms with E-state index in [0.29, 0.717) is 5.88 Å². The summed E-state index contributed by atoms with van der Waals surface area (Å²) in [5, 5.41) is 2.45. The standard InChI is InChI=1S/C48H51N3OS/c1-29-21-39(33-16-14-17-35(25-33)47(6,7)8)49-42(22-29)52-45-50-40-27-41(36-20-19-31(23-30(36)2)28-46(3,4)5)53-44(40)43(51-45)34-24-32-15-12-13-18-37(32)38(26-34)48(9,10)11/h12-27H,28H2,1-11H3. The van der Waals surface area contributed by atoms with Crippen molar-refractivity contribution >= 4 is 32.3 Å². The Morgan fingerprint density at radius 2 is 1.43 bits per heavy atom. The predicted molar refractivity (Wildman–Crippen MR) is 226 cm³/mol. The summed E-state index contributed by atoms with van der Waals surface area (Å²) in [5.74, 6) is 0.473. The van der Waals surface area contributed by atoms with Crippen LogP contribution in [0.4, 0.5) is 0 Å². The van der Waals surface area contributed by atoms with Gasteiger partial charge in [0.1, 0.15) is 0 Å². The maximum atomic E-state index is 6.55. The first kappa shape index (κ1) is 36.5. The van der Waals surface area contributed by atoms with Gasteiger partial charge in [0.2, 0.25) is 5.88 Å². The number of benzene rings is 4.